The van der Waals surface area contributed by atoms with Crippen LogP contribution in [-0.2, 0) is 9.59 Å². The second kappa shape index (κ2) is 8.91. The maximum atomic E-state index is 12.9. The SMILES string of the molecule is CC(C)N1C(=O)S/C(=C/c2ccccc2OCC(=O)Nc2ccc(F)cc2)C1=O. The van der Waals surface area contributed by atoms with E-state index >= 15 is 0 Å². The number of thioether (sulfide) groups is 1. The number of carbonyl (C=O) groups excluding carboxylic acids is 3. The summed E-state index contributed by atoms with van der Waals surface area (Å²) < 4.78 is 18.5. The lowest BCUT2D eigenvalue weighted by molar-refractivity contribution is -0.123. The number of para-hydroxylation sites is 1. The minimum absolute atomic E-state index is 0.227. The van der Waals surface area contributed by atoms with Crippen molar-refractivity contribution in [2.24, 2.45) is 0 Å². The summed E-state index contributed by atoms with van der Waals surface area (Å²) in [6.45, 7) is 3.28. The molecule has 1 aliphatic heterocycles. The van der Waals surface area contributed by atoms with Gasteiger partial charge in [-0.2, -0.15) is 0 Å². The van der Waals surface area contributed by atoms with Crippen LogP contribution in [-0.4, -0.2) is 34.6 Å². The molecule has 150 valence electrons. The van der Waals surface area contributed by atoms with Crippen molar-refractivity contribution in [3.63, 3.8) is 0 Å². The van der Waals surface area contributed by atoms with Crippen LogP contribution in [0.3, 0.4) is 0 Å². The van der Waals surface area contributed by atoms with Gasteiger partial charge in [0, 0.05) is 17.3 Å². The number of halogens is 1. The Morgan fingerprint density at radius 3 is 2.52 bits per heavy atom. The molecule has 1 N–H and O–H groups in total. The Labute approximate surface area is 171 Å². The fourth-order valence-corrected chi connectivity index (χ4v) is 3.62. The van der Waals surface area contributed by atoms with Crippen LogP contribution in [0.4, 0.5) is 14.9 Å². The molecular formula is C21H19FN2O4S. The summed E-state index contributed by atoms with van der Waals surface area (Å²) in [6.07, 6.45) is 1.58. The van der Waals surface area contributed by atoms with Crippen LogP contribution in [0.15, 0.2) is 53.4 Å². The van der Waals surface area contributed by atoms with Crippen LogP contribution in [0.25, 0.3) is 6.08 Å². The molecule has 3 rings (SSSR count). The van der Waals surface area contributed by atoms with Crippen LogP contribution >= 0.6 is 11.8 Å². The summed E-state index contributed by atoms with van der Waals surface area (Å²) in [5.74, 6) is -0.751. The highest BCUT2D eigenvalue weighted by molar-refractivity contribution is 8.18. The first kappa shape index (κ1) is 20.6. The third-order valence-electron chi connectivity index (χ3n) is 4.03. The molecule has 0 spiro atoms. The van der Waals surface area contributed by atoms with E-state index in [4.69, 9.17) is 4.74 Å². The molecule has 29 heavy (non-hydrogen) atoms. The number of ether oxygens (including phenoxy) is 1. The van der Waals surface area contributed by atoms with Crippen molar-refractivity contribution in [2.45, 2.75) is 19.9 Å². The standard InChI is InChI=1S/C21H19FN2O4S/c1-13(2)24-20(26)18(29-21(24)27)11-14-5-3-4-6-17(14)28-12-19(25)23-16-9-7-15(22)8-10-16/h3-11,13H,12H2,1-2H3,(H,23,25)/b18-11+. The zero-order chi connectivity index (χ0) is 21.0. The van der Waals surface area contributed by atoms with Crippen molar-refractivity contribution in [1.29, 1.82) is 0 Å². The second-order valence-electron chi connectivity index (χ2n) is 6.53. The number of anilines is 1. The van der Waals surface area contributed by atoms with Gasteiger partial charge < -0.3 is 10.1 Å². The van der Waals surface area contributed by atoms with Gasteiger partial charge in [-0.3, -0.25) is 19.3 Å². The summed E-state index contributed by atoms with van der Waals surface area (Å²) in [4.78, 5) is 38.1. The number of nitrogens with one attached hydrogen (secondary N) is 1. The molecule has 0 aromatic heterocycles. The Kier molecular flexibility index (Phi) is 6.33. The molecular weight excluding hydrogens is 395 g/mol. The number of carbonyl (C=O) groups is 3. The Bertz CT molecular complexity index is 973. The van der Waals surface area contributed by atoms with E-state index in [0.29, 0.717) is 21.9 Å². The van der Waals surface area contributed by atoms with Gasteiger partial charge in [-0.1, -0.05) is 18.2 Å². The molecule has 1 heterocycles. The maximum absolute atomic E-state index is 12.9. The van der Waals surface area contributed by atoms with E-state index in [1.165, 1.54) is 29.2 Å². The normalized spacial score (nSPS) is 15.3. The molecule has 0 unspecified atom stereocenters. The van der Waals surface area contributed by atoms with E-state index in [-0.39, 0.29) is 23.8 Å². The van der Waals surface area contributed by atoms with Crippen molar-refractivity contribution in [2.75, 3.05) is 11.9 Å². The first-order chi connectivity index (χ1) is 13.8. The van der Waals surface area contributed by atoms with E-state index in [1.807, 2.05) is 0 Å². The minimum atomic E-state index is -0.411. The lowest BCUT2D eigenvalue weighted by Crippen LogP contribution is -2.34. The van der Waals surface area contributed by atoms with Crippen LogP contribution in [0.1, 0.15) is 19.4 Å². The predicted octanol–water partition coefficient (Wildman–Crippen LogP) is 4.29. The molecule has 0 radical (unpaired) electrons. The zero-order valence-electron chi connectivity index (χ0n) is 15.8. The van der Waals surface area contributed by atoms with Gasteiger partial charge in [0.15, 0.2) is 6.61 Å². The van der Waals surface area contributed by atoms with Gasteiger partial charge in [0.25, 0.3) is 17.1 Å². The Morgan fingerprint density at radius 2 is 1.86 bits per heavy atom. The minimum Gasteiger partial charge on any atom is -0.483 e. The molecule has 6 nitrogen and oxygen atoms in total. The van der Waals surface area contributed by atoms with E-state index in [9.17, 15) is 18.8 Å². The van der Waals surface area contributed by atoms with Gasteiger partial charge >= 0.3 is 0 Å². The van der Waals surface area contributed by atoms with Crippen LogP contribution < -0.4 is 10.1 Å². The highest BCUT2D eigenvalue weighted by Gasteiger charge is 2.36. The number of hydrogen-bond acceptors (Lipinski definition) is 5. The first-order valence-corrected chi connectivity index (χ1v) is 9.71. The summed E-state index contributed by atoms with van der Waals surface area (Å²) in [7, 11) is 0. The Morgan fingerprint density at radius 1 is 1.17 bits per heavy atom. The number of benzene rings is 2. The highest BCUT2D eigenvalue weighted by atomic mass is 32.2. The van der Waals surface area contributed by atoms with Crippen LogP contribution in [0.2, 0.25) is 0 Å². The van der Waals surface area contributed by atoms with Crippen LogP contribution in [0.5, 0.6) is 5.75 Å². The number of imide groups is 1. The number of hydrogen-bond donors (Lipinski definition) is 1. The molecule has 2 aromatic carbocycles. The molecule has 1 aliphatic rings. The van der Waals surface area contributed by atoms with E-state index < -0.39 is 11.7 Å². The predicted molar refractivity (Wildman–Crippen MR) is 110 cm³/mol. The molecule has 0 atom stereocenters. The zero-order valence-corrected chi connectivity index (χ0v) is 16.7. The molecule has 0 bridgehead atoms. The van der Waals surface area contributed by atoms with Crippen LogP contribution in [0, 0.1) is 5.82 Å². The average molecular weight is 414 g/mol. The van der Waals surface area contributed by atoms with Crippen molar-refractivity contribution >= 4 is 40.6 Å². The lowest BCUT2D eigenvalue weighted by Gasteiger charge is -2.16. The number of amides is 3. The highest BCUT2D eigenvalue weighted by Crippen LogP contribution is 2.35. The van der Waals surface area contributed by atoms with Crippen molar-refractivity contribution in [3.05, 3.63) is 64.8 Å². The maximum Gasteiger partial charge on any atom is 0.293 e. The third-order valence-corrected chi connectivity index (χ3v) is 4.92. The third kappa shape index (κ3) is 5.03. The van der Waals surface area contributed by atoms with Gasteiger partial charge in [-0.05, 0) is 62.0 Å². The van der Waals surface area contributed by atoms with Gasteiger partial charge in [0.05, 0.1) is 4.91 Å². The molecule has 1 fully saturated rings. The molecule has 0 aliphatic carbocycles. The van der Waals surface area contributed by atoms with Gasteiger partial charge in [-0.25, -0.2) is 4.39 Å². The van der Waals surface area contributed by atoms with Gasteiger partial charge in [-0.15, -0.1) is 0 Å². The van der Waals surface area contributed by atoms with E-state index in [0.717, 1.165) is 11.8 Å². The Balaban J connectivity index is 1.69. The topological polar surface area (TPSA) is 75.7 Å². The van der Waals surface area contributed by atoms with E-state index in [2.05, 4.69) is 5.32 Å². The smallest absolute Gasteiger partial charge is 0.293 e. The van der Waals surface area contributed by atoms with Crippen molar-refractivity contribution in [1.82, 2.24) is 4.90 Å². The lowest BCUT2D eigenvalue weighted by atomic mass is 10.2. The van der Waals surface area contributed by atoms with Gasteiger partial charge in [0.2, 0.25) is 0 Å². The average Bonchev–Trinajstić information content (AvgIpc) is 2.96. The fourth-order valence-electron chi connectivity index (χ4n) is 2.67. The summed E-state index contributed by atoms with van der Waals surface area (Å²) in [6, 6.07) is 12.1. The van der Waals surface area contributed by atoms with Gasteiger partial charge in [0.1, 0.15) is 11.6 Å². The quantitative estimate of drug-likeness (QED) is 0.714. The first-order valence-electron chi connectivity index (χ1n) is 8.89. The molecule has 1 saturated heterocycles. The van der Waals surface area contributed by atoms with E-state index in [1.54, 1.807) is 44.2 Å². The largest absolute Gasteiger partial charge is 0.483 e. The molecule has 8 heteroatoms. The number of nitrogens with zero attached hydrogens (tertiary/aromatic N) is 1. The number of rotatable bonds is 6. The fraction of sp³-hybridized carbons (Fsp3) is 0.190. The summed E-state index contributed by atoms with van der Waals surface area (Å²) in [5.41, 5.74) is 1.03. The molecule has 3 amide bonds. The monoisotopic (exact) mass is 414 g/mol. The molecule has 0 saturated carbocycles. The molecule has 2 aromatic rings. The summed E-state index contributed by atoms with van der Waals surface area (Å²) >= 11 is 0.874. The second-order valence-corrected chi connectivity index (χ2v) is 7.52. The Hall–Kier alpha value is -3.13. The van der Waals surface area contributed by atoms with Crippen molar-refractivity contribution < 1.29 is 23.5 Å². The summed E-state index contributed by atoms with van der Waals surface area (Å²) in [5, 5.41) is 2.30. The van der Waals surface area contributed by atoms with Crippen molar-refractivity contribution in [3.8, 4) is 5.75 Å².